The van der Waals surface area contributed by atoms with Crippen LogP contribution in [0.25, 0.3) is 11.0 Å². The molecule has 0 spiro atoms. The zero-order valence-electron chi connectivity index (χ0n) is 10.6. The predicted molar refractivity (Wildman–Crippen MR) is 76.8 cm³/mol. The molecule has 6 heteroatoms. The number of rotatable bonds is 3. The molecule has 0 atom stereocenters. The van der Waals surface area contributed by atoms with E-state index in [1.54, 1.807) is 4.90 Å². The summed E-state index contributed by atoms with van der Waals surface area (Å²) in [7, 11) is 0. The van der Waals surface area contributed by atoms with E-state index in [1.807, 2.05) is 31.2 Å². The fraction of sp³-hybridized carbons (Fsp3) is 0.308. The summed E-state index contributed by atoms with van der Waals surface area (Å²) >= 11 is 5.11. The molecule has 1 aromatic carbocycles. The van der Waals surface area contributed by atoms with Gasteiger partial charge in [0, 0.05) is 13.1 Å². The number of nitrogens with zero attached hydrogens (tertiary/aromatic N) is 3. The van der Waals surface area contributed by atoms with Crippen LogP contribution in [0, 0.1) is 6.92 Å². The molecule has 19 heavy (non-hydrogen) atoms. The molecular weight excluding hydrogens is 260 g/mol. The van der Waals surface area contributed by atoms with E-state index in [9.17, 15) is 4.79 Å². The van der Waals surface area contributed by atoms with Crippen molar-refractivity contribution in [3.63, 3.8) is 0 Å². The minimum atomic E-state index is 0.0343. The summed E-state index contributed by atoms with van der Waals surface area (Å²) < 4.78 is 2.11. The van der Waals surface area contributed by atoms with Gasteiger partial charge in [0.1, 0.15) is 5.82 Å². The average molecular weight is 274 g/mol. The lowest BCUT2D eigenvalue weighted by atomic mass is 10.3. The number of fused-ring (bicyclic) bond motifs is 1. The Morgan fingerprint density at radius 3 is 2.89 bits per heavy atom. The first-order valence-electron chi connectivity index (χ1n) is 6.17. The van der Waals surface area contributed by atoms with Gasteiger partial charge in [0.15, 0.2) is 5.11 Å². The van der Waals surface area contributed by atoms with E-state index in [4.69, 9.17) is 12.2 Å². The number of amides is 1. The van der Waals surface area contributed by atoms with Crippen LogP contribution in [-0.4, -0.2) is 38.6 Å². The molecule has 1 aliphatic heterocycles. The van der Waals surface area contributed by atoms with Gasteiger partial charge in [-0.25, -0.2) is 4.98 Å². The third-order valence-corrected chi connectivity index (χ3v) is 3.69. The number of aromatic nitrogens is 2. The normalized spacial score (nSPS) is 15.3. The Balaban J connectivity index is 1.84. The SMILES string of the molecule is Cc1nc2ccccc2n1CCN1C(=O)CNC1=S. The highest BCUT2D eigenvalue weighted by molar-refractivity contribution is 7.80. The van der Waals surface area contributed by atoms with Crippen LogP contribution < -0.4 is 5.32 Å². The van der Waals surface area contributed by atoms with E-state index < -0.39 is 0 Å². The van der Waals surface area contributed by atoms with Crippen LogP contribution in [0.4, 0.5) is 0 Å². The number of aryl methyl sites for hydroxylation is 1. The summed E-state index contributed by atoms with van der Waals surface area (Å²) in [5.74, 6) is 0.985. The Morgan fingerprint density at radius 1 is 1.37 bits per heavy atom. The quantitative estimate of drug-likeness (QED) is 0.850. The molecule has 0 saturated carbocycles. The molecule has 1 amide bonds. The van der Waals surface area contributed by atoms with Crippen molar-refractivity contribution in [1.82, 2.24) is 19.8 Å². The van der Waals surface area contributed by atoms with Crippen LogP contribution in [0.2, 0.25) is 0 Å². The van der Waals surface area contributed by atoms with Crippen LogP contribution in [0.3, 0.4) is 0 Å². The highest BCUT2D eigenvalue weighted by Gasteiger charge is 2.24. The molecule has 1 aromatic heterocycles. The van der Waals surface area contributed by atoms with E-state index >= 15 is 0 Å². The standard InChI is InChI=1S/C13H14N4OS/c1-9-15-10-4-2-3-5-11(10)16(9)6-7-17-12(18)8-14-13(17)19/h2-5H,6-8H2,1H3,(H,14,19). The van der Waals surface area contributed by atoms with Crippen LogP contribution in [0.1, 0.15) is 5.82 Å². The van der Waals surface area contributed by atoms with Gasteiger partial charge in [-0.2, -0.15) is 0 Å². The van der Waals surface area contributed by atoms with Gasteiger partial charge >= 0.3 is 0 Å². The number of benzene rings is 1. The topological polar surface area (TPSA) is 50.2 Å². The fourth-order valence-corrected chi connectivity index (χ4v) is 2.63. The van der Waals surface area contributed by atoms with Crippen molar-refractivity contribution in [3.8, 4) is 0 Å². The zero-order valence-corrected chi connectivity index (χ0v) is 11.4. The number of hydrogen-bond acceptors (Lipinski definition) is 3. The van der Waals surface area contributed by atoms with E-state index in [2.05, 4.69) is 14.9 Å². The monoisotopic (exact) mass is 274 g/mol. The maximum Gasteiger partial charge on any atom is 0.248 e. The maximum absolute atomic E-state index is 11.6. The van der Waals surface area contributed by atoms with Gasteiger partial charge in [0.25, 0.3) is 0 Å². The first-order chi connectivity index (χ1) is 9.16. The van der Waals surface area contributed by atoms with Crippen LogP contribution in [0.5, 0.6) is 0 Å². The van der Waals surface area contributed by atoms with E-state index in [-0.39, 0.29) is 5.91 Å². The fourth-order valence-electron chi connectivity index (χ4n) is 2.36. The second kappa shape index (κ2) is 4.62. The molecule has 0 radical (unpaired) electrons. The molecule has 1 aliphatic rings. The van der Waals surface area contributed by atoms with E-state index in [0.717, 1.165) is 16.9 Å². The number of hydrogen-bond donors (Lipinski definition) is 1. The summed E-state index contributed by atoms with van der Waals surface area (Å²) in [5.41, 5.74) is 2.07. The number of nitrogens with one attached hydrogen (secondary N) is 1. The number of carbonyl (C=O) groups excluding carboxylic acids is 1. The van der Waals surface area contributed by atoms with Gasteiger partial charge in [-0.3, -0.25) is 9.69 Å². The Hall–Kier alpha value is -1.95. The number of thiocarbonyl (C=S) groups is 1. The predicted octanol–water partition coefficient (Wildman–Crippen LogP) is 1.06. The van der Waals surface area contributed by atoms with Crippen molar-refractivity contribution in [2.45, 2.75) is 13.5 Å². The van der Waals surface area contributed by atoms with Crippen molar-refractivity contribution in [3.05, 3.63) is 30.1 Å². The van der Waals surface area contributed by atoms with Crippen molar-refractivity contribution >= 4 is 34.3 Å². The molecule has 1 N–H and O–H groups in total. The van der Waals surface area contributed by atoms with E-state index in [1.165, 1.54) is 0 Å². The highest BCUT2D eigenvalue weighted by Crippen LogP contribution is 2.15. The smallest absolute Gasteiger partial charge is 0.248 e. The van der Waals surface area contributed by atoms with Gasteiger partial charge < -0.3 is 9.88 Å². The minimum absolute atomic E-state index is 0.0343. The Morgan fingerprint density at radius 2 is 2.16 bits per heavy atom. The molecule has 98 valence electrons. The number of imidazole rings is 1. The summed E-state index contributed by atoms with van der Waals surface area (Å²) in [6.45, 7) is 3.55. The highest BCUT2D eigenvalue weighted by atomic mass is 32.1. The van der Waals surface area contributed by atoms with Gasteiger partial charge in [-0.05, 0) is 31.3 Å². The average Bonchev–Trinajstić information content (AvgIpc) is 2.88. The van der Waals surface area contributed by atoms with Crippen LogP contribution in [-0.2, 0) is 11.3 Å². The maximum atomic E-state index is 11.6. The molecule has 2 aromatic rings. The summed E-state index contributed by atoms with van der Waals surface area (Å²) in [6.07, 6.45) is 0. The van der Waals surface area contributed by atoms with Crippen molar-refractivity contribution in [2.24, 2.45) is 0 Å². The number of para-hydroxylation sites is 2. The molecule has 0 bridgehead atoms. The summed E-state index contributed by atoms with van der Waals surface area (Å²) in [6, 6.07) is 8.00. The zero-order chi connectivity index (χ0) is 13.4. The summed E-state index contributed by atoms with van der Waals surface area (Å²) in [4.78, 5) is 17.8. The third kappa shape index (κ3) is 2.08. The molecule has 0 unspecified atom stereocenters. The Bertz CT molecular complexity index is 648. The Labute approximate surface area is 116 Å². The van der Waals surface area contributed by atoms with Gasteiger partial charge in [-0.1, -0.05) is 12.1 Å². The van der Waals surface area contributed by atoms with Crippen LogP contribution >= 0.6 is 12.2 Å². The second-order valence-electron chi connectivity index (χ2n) is 4.50. The Kier molecular flexibility index (Phi) is 2.94. The third-order valence-electron chi connectivity index (χ3n) is 3.33. The number of carbonyl (C=O) groups is 1. The first-order valence-corrected chi connectivity index (χ1v) is 6.58. The minimum Gasteiger partial charge on any atom is -0.353 e. The largest absolute Gasteiger partial charge is 0.353 e. The lowest BCUT2D eigenvalue weighted by Crippen LogP contribution is -2.33. The summed E-state index contributed by atoms with van der Waals surface area (Å²) in [5, 5.41) is 3.40. The lowest BCUT2D eigenvalue weighted by molar-refractivity contribution is -0.124. The molecule has 5 nitrogen and oxygen atoms in total. The molecule has 0 aliphatic carbocycles. The van der Waals surface area contributed by atoms with E-state index in [0.29, 0.717) is 24.7 Å². The first kappa shape index (κ1) is 12.1. The molecule has 2 heterocycles. The van der Waals surface area contributed by atoms with Crippen molar-refractivity contribution in [2.75, 3.05) is 13.1 Å². The van der Waals surface area contributed by atoms with Gasteiger partial charge in [0.2, 0.25) is 5.91 Å². The molecular formula is C13H14N4OS. The molecule has 1 saturated heterocycles. The van der Waals surface area contributed by atoms with Crippen molar-refractivity contribution in [1.29, 1.82) is 0 Å². The van der Waals surface area contributed by atoms with Crippen molar-refractivity contribution < 1.29 is 4.79 Å². The lowest BCUT2D eigenvalue weighted by Gasteiger charge is -2.15. The van der Waals surface area contributed by atoms with Crippen LogP contribution in [0.15, 0.2) is 24.3 Å². The molecule has 1 fully saturated rings. The van der Waals surface area contributed by atoms with Gasteiger partial charge in [0.05, 0.1) is 17.6 Å². The second-order valence-corrected chi connectivity index (χ2v) is 4.89. The molecule has 3 rings (SSSR count). The van der Waals surface area contributed by atoms with Gasteiger partial charge in [-0.15, -0.1) is 0 Å².